The quantitative estimate of drug-likeness (QED) is 0.828. The Hall–Kier alpha value is -0.830. The molecule has 0 unspecified atom stereocenters. The second-order valence-electron chi connectivity index (χ2n) is 6.18. The molecule has 94 valence electrons. The maximum absolute atomic E-state index is 12.5. The Morgan fingerprint density at radius 2 is 1.65 bits per heavy atom. The molecule has 2 nitrogen and oxygen atoms in total. The van der Waals surface area contributed by atoms with Gasteiger partial charge in [-0.05, 0) is 23.8 Å². The molecule has 0 N–H and O–H groups in total. The van der Waals surface area contributed by atoms with E-state index in [1.54, 1.807) is 0 Å². The van der Waals surface area contributed by atoms with Crippen LogP contribution in [0.2, 0.25) is 0 Å². The highest BCUT2D eigenvalue weighted by Crippen LogP contribution is 2.53. The van der Waals surface area contributed by atoms with E-state index in [1.165, 1.54) is 0 Å². The van der Waals surface area contributed by atoms with Crippen molar-refractivity contribution in [3.05, 3.63) is 35.9 Å². The average molecular weight is 252 g/mol. The highest BCUT2D eigenvalue weighted by atomic mass is 32.2. The number of rotatable bonds is 3. The van der Waals surface area contributed by atoms with E-state index in [0.29, 0.717) is 0 Å². The van der Waals surface area contributed by atoms with E-state index in [-0.39, 0.29) is 11.2 Å². The van der Waals surface area contributed by atoms with Gasteiger partial charge in [-0.2, -0.15) is 0 Å². The second kappa shape index (κ2) is 3.84. The van der Waals surface area contributed by atoms with Gasteiger partial charge in [0.2, 0.25) is 0 Å². The van der Waals surface area contributed by atoms with Crippen LogP contribution in [0.3, 0.4) is 0 Å². The van der Waals surface area contributed by atoms with E-state index in [0.717, 1.165) is 18.4 Å². The first-order valence-electron chi connectivity index (χ1n) is 6.05. The molecule has 17 heavy (non-hydrogen) atoms. The molecule has 0 saturated heterocycles. The molecule has 1 aliphatic rings. The summed E-state index contributed by atoms with van der Waals surface area (Å²) < 4.78 is 24.5. The number of hydrogen-bond donors (Lipinski definition) is 0. The maximum atomic E-state index is 12.5. The second-order valence-corrected chi connectivity index (χ2v) is 8.48. The largest absolute Gasteiger partial charge is 0.228 e. The maximum Gasteiger partial charge on any atom is 0.160 e. The van der Waals surface area contributed by atoms with Crippen LogP contribution in [-0.2, 0) is 14.6 Å². The molecule has 1 aliphatic carbocycles. The first kappa shape index (κ1) is 12.6. The molecule has 1 saturated carbocycles. The van der Waals surface area contributed by atoms with Crippen molar-refractivity contribution in [2.24, 2.45) is 5.41 Å². The fourth-order valence-electron chi connectivity index (χ4n) is 2.34. The summed E-state index contributed by atoms with van der Waals surface area (Å²) in [7, 11) is -3.06. The molecule has 0 spiro atoms. The molecule has 1 aromatic rings. The summed E-state index contributed by atoms with van der Waals surface area (Å²) in [6, 6.07) is 9.64. The Morgan fingerprint density at radius 3 is 2.06 bits per heavy atom. The molecule has 2 rings (SSSR count). The molecule has 1 aromatic carbocycles. The Bertz CT molecular complexity index is 491. The van der Waals surface area contributed by atoms with Crippen molar-refractivity contribution >= 4 is 9.84 Å². The molecule has 1 fully saturated rings. The lowest BCUT2D eigenvalue weighted by atomic mass is 10.0. The third kappa shape index (κ3) is 2.39. The van der Waals surface area contributed by atoms with Crippen molar-refractivity contribution in [3.8, 4) is 0 Å². The van der Waals surface area contributed by atoms with Gasteiger partial charge >= 0.3 is 0 Å². The van der Waals surface area contributed by atoms with Gasteiger partial charge in [-0.25, -0.2) is 8.42 Å². The van der Waals surface area contributed by atoms with Crippen LogP contribution in [0, 0.1) is 5.41 Å². The molecule has 0 aromatic heterocycles. The van der Waals surface area contributed by atoms with Gasteiger partial charge in [-0.1, -0.05) is 51.1 Å². The Kier molecular flexibility index (Phi) is 2.85. The van der Waals surface area contributed by atoms with E-state index in [2.05, 4.69) is 0 Å². The molecule has 3 heteroatoms. The number of hydrogen-bond acceptors (Lipinski definition) is 2. The Balaban J connectivity index is 2.35. The topological polar surface area (TPSA) is 34.1 Å². The van der Waals surface area contributed by atoms with Gasteiger partial charge < -0.3 is 0 Å². The third-order valence-corrected chi connectivity index (χ3v) is 6.30. The highest BCUT2D eigenvalue weighted by Gasteiger charge is 2.55. The minimum Gasteiger partial charge on any atom is -0.228 e. The summed E-state index contributed by atoms with van der Waals surface area (Å²) in [5.41, 5.74) is 0.785. The highest BCUT2D eigenvalue weighted by molar-refractivity contribution is 7.92. The number of benzene rings is 1. The van der Waals surface area contributed by atoms with E-state index in [9.17, 15) is 8.42 Å². The molecule has 0 aliphatic heterocycles. The van der Waals surface area contributed by atoms with Gasteiger partial charge in [0.05, 0.1) is 10.5 Å². The smallest absolute Gasteiger partial charge is 0.160 e. The van der Waals surface area contributed by atoms with Crippen LogP contribution in [0.5, 0.6) is 0 Å². The SMILES string of the molecule is CC(C)(C)CS(=O)(=O)C1(c2ccccc2)CC1. The zero-order chi connectivity index (χ0) is 12.7. The normalized spacial score (nSPS) is 19.0. The minimum atomic E-state index is -3.06. The fraction of sp³-hybridized carbons (Fsp3) is 0.571. The first-order chi connectivity index (χ1) is 7.77. The summed E-state index contributed by atoms with van der Waals surface area (Å²) in [6.45, 7) is 5.93. The first-order valence-corrected chi connectivity index (χ1v) is 7.70. The van der Waals surface area contributed by atoms with Gasteiger partial charge in [0.1, 0.15) is 0 Å². The van der Waals surface area contributed by atoms with Gasteiger partial charge in [-0.3, -0.25) is 0 Å². The lowest BCUT2D eigenvalue weighted by Crippen LogP contribution is -2.30. The van der Waals surface area contributed by atoms with E-state index < -0.39 is 14.6 Å². The number of sulfone groups is 1. The predicted octanol–water partition coefficient (Wildman–Crippen LogP) is 3.14. The van der Waals surface area contributed by atoms with Crippen LogP contribution in [0.25, 0.3) is 0 Å². The lowest BCUT2D eigenvalue weighted by Gasteiger charge is -2.23. The van der Waals surface area contributed by atoms with Crippen LogP contribution in [0.4, 0.5) is 0 Å². The van der Waals surface area contributed by atoms with Crippen molar-refractivity contribution in [2.45, 2.75) is 38.4 Å². The molecular weight excluding hydrogens is 232 g/mol. The van der Waals surface area contributed by atoms with E-state index in [1.807, 2.05) is 51.1 Å². The van der Waals surface area contributed by atoms with Crippen LogP contribution in [0.1, 0.15) is 39.2 Å². The zero-order valence-corrected chi connectivity index (χ0v) is 11.5. The van der Waals surface area contributed by atoms with Gasteiger partial charge in [-0.15, -0.1) is 0 Å². The summed E-state index contributed by atoms with van der Waals surface area (Å²) >= 11 is 0. The summed E-state index contributed by atoms with van der Waals surface area (Å²) in [6.07, 6.45) is 1.55. The average Bonchev–Trinajstić information content (AvgIpc) is 2.96. The summed E-state index contributed by atoms with van der Waals surface area (Å²) in [5, 5.41) is 0. The Morgan fingerprint density at radius 1 is 1.12 bits per heavy atom. The predicted molar refractivity (Wildman–Crippen MR) is 70.6 cm³/mol. The van der Waals surface area contributed by atoms with Crippen molar-refractivity contribution in [1.82, 2.24) is 0 Å². The van der Waals surface area contributed by atoms with Crippen LogP contribution < -0.4 is 0 Å². The minimum absolute atomic E-state index is 0.177. The lowest BCUT2D eigenvalue weighted by molar-refractivity contribution is 0.457. The van der Waals surface area contributed by atoms with Crippen molar-refractivity contribution < 1.29 is 8.42 Å². The van der Waals surface area contributed by atoms with Crippen LogP contribution in [-0.4, -0.2) is 14.2 Å². The molecule has 0 amide bonds. The standard InChI is InChI=1S/C14H20O2S/c1-13(2,3)11-17(15,16)14(9-10-14)12-7-5-4-6-8-12/h4-8H,9-11H2,1-3H3. The van der Waals surface area contributed by atoms with Crippen molar-refractivity contribution in [2.75, 3.05) is 5.75 Å². The van der Waals surface area contributed by atoms with Gasteiger partial charge in [0, 0.05) is 0 Å². The zero-order valence-electron chi connectivity index (χ0n) is 10.7. The monoisotopic (exact) mass is 252 g/mol. The molecule has 0 atom stereocenters. The third-order valence-electron chi connectivity index (χ3n) is 3.22. The van der Waals surface area contributed by atoms with Gasteiger partial charge in [0.25, 0.3) is 0 Å². The molecule has 0 heterocycles. The summed E-state index contributed by atoms with van der Waals surface area (Å²) in [4.78, 5) is 0. The molecule has 0 radical (unpaired) electrons. The van der Waals surface area contributed by atoms with E-state index in [4.69, 9.17) is 0 Å². The van der Waals surface area contributed by atoms with Crippen molar-refractivity contribution in [1.29, 1.82) is 0 Å². The fourth-order valence-corrected chi connectivity index (χ4v) is 4.98. The molecular formula is C14H20O2S. The van der Waals surface area contributed by atoms with E-state index >= 15 is 0 Å². The van der Waals surface area contributed by atoms with Crippen LogP contribution in [0.15, 0.2) is 30.3 Å². The Labute approximate surface area is 104 Å². The summed E-state index contributed by atoms with van der Waals surface area (Å²) in [5.74, 6) is 0.259. The molecule has 0 bridgehead atoms. The van der Waals surface area contributed by atoms with Crippen molar-refractivity contribution in [3.63, 3.8) is 0 Å². The van der Waals surface area contributed by atoms with Gasteiger partial charge in [0.15, 0.2) is 9.84 Å². The van der Waals surface area contributed by atoms with Crippen LogP contribution >= 0.6 is 0 Å².